The Bertz CT molecular complexity index is 1800. The van der Waals surface area contributed by atoms with Crippen molar-refractivity contribution in [1.82, 2.24) is 4.57 Å². The minimum Gasteiger partial charge on any atom is -0.298 e. The second kappa shape index (κ2) is 7.27. The van der Waals surface area contributed by atoms with E-state index in [0.717, 1.165) is 29.0 Å². The third-order valence-electron chi connectivity index (χ3n) is 6.41. The molecule has 5 aromatic rings. The van der Waals surface area contributed by atoms with Gasteiger partial charge in [-0.2, -0.15) is 0 Å². The topological polar surface area (TPSA) is 151 Å². The number of benzene rings is 4. The molecule has 6 rings (SSSR count). The Hall–Kier alpha value is -5.45. The van der Waals surface area contributed by atoms with Crippen LogP contribution in [0.3, 0.4) is 0 Å². The molecule has 0 N–H and O–H groups in total. The van der Waals surface area contributed by atoms with Crippen LogP contribution >= 0.6 is 0 Å². The molecule has 36 heavy (non-hydrogen) atoms. The quantitative estimate of drug-likeness (QED) is 0.231. The largest absolute Gasteiger partial charge is 0.308 e. The predicted octanol–water partition coefficient (Wildman–Crippen LogP) is 5.72. The fourth-order valence-corrected chi connectivity index (χ4v) is 4.99. The van der Waals surface area contributed by atoms with Crippen molar-refractivity contribution in [3.63, 3.8) is 0 Å². The molecule has 1 aliphatic carbocycles. The molecule has 0 fully saturated rings. The van der Waals surface area contributed by atoms with Gasteiger partial charge in [-0.1, -0.05) is 36.4 Å². The first kappa shape index (κ1) is 21.1. The molecule has 0 amide bonds. The summed E-state index contributed by atoms with van der Waals surface area (Å²) in [6.07, 6.45) is 0. The van der Waals surface area contributed by atoms with Gasteiger partial charge < -0.3 is 0 Å². The molecule has 0 radical (unpaired) electrons. The van der Waals surface area contributed by atoms with Gasteiger partial charge in [0.05, 0.1) is 31.4 Å². The highest BCUT2D eigenvalue weighted by molar-refractivity contribution is 6.24. The summed E-state index contributed by atoms with van der Waals surface area (Å²) in [6, 6.07) is 18.6. The van der Waals surface area contributed by atoms with Crippen LogP contribution in [0.5, 0.6) is 0 Å². The normalized spacial score (nSPS) is 12.1. The van der Waals surface area contributed by atoms with Crippen LogP contribution in [0.25, 0.3) is 38.6 Å². The number of nitro groups is 3. The summed E-state index contributed by atoms with van der Waals surface area (Å²) in [7, 11) is 0. The molecule has 0 saturated heterocycles. The molecule has 0 spiro atoms. The number of nitrogens with zero attached hydrogens (tertiary/aromatic N) is 4. The van der Waals surface area contributed by atoms with E-state index in [2.05, 4.69) is 0 Å². The summed E-state index contributed by atoms with van der Waals surface area (Å²) in [5.74, 6) is -0.747. The Kier molecular flexibility index (Phi) is 4.26. The molecule has 1 heterocycles. The zero-order valence-corrected chi connectivity index (χ0v) is 18.1. The van der Waals surface area contributed by atoms with E-state index in [1.165, 1.54) is 10.6 Å². The molecule has 0 saturated carbocycles. The van der Waals surface area contributed by atoms with Gasteiger partial charge in [0.15, 0.2) is 5.78 Å². The summed E-state index contributed by atoms with van der Waals surface area (Å²) in [4.78, 5) is 47.0. The van der Waals surface area contributed by atoms with E-state index in [4.69, 9.17) is 0 Å². The van der Waals surface area contributed by atoms with Crippen molar-refractivity contribution in [2.75, 3.05) is 0 Å². The molecular weight excluding hydrogens is 468 g/mol. The van der Waals surface area contributed by atoms with Crippen LogP contribution < -0.4 is 0 Å². The number of rotatable bonds is 4. The highest BCUT2D eigenvalue weighted by Gasteiger charge is 2.42. The molecule has 1 aromatic heterocycles. The molecule has 11 nitrogen and oxygen atoms in total. The van der Waals surface area contributed by atoms with Crippen LogP contribution in [0.4, 0.5) is 17.1 Å². The maximum atomic E-state index is 13.2. The zero-order chi connectivity index (χ0) is 25.3. The lowest BCUT2D eigenvalue weighted by molar-refractivity contribution is -0.393. The van der Waals surface area contributed by atoms with Gasteiger partial charge in [-0.3, -0.25) is 39.7 Å². The van der Waals surface area contributed by atoms with E-state index in [1.807, 2.05) is 12.1 Å². The smallest absolute Gasteiger partial charge is 0.298 e. The molecule has 0 aliphatic heterocycles. The zero-order valence-electron chi connectivity index (χ0n) is 18.1. The van der Waals surface area contributed by atoms with E-state index < -0.39 is 31.9 Å². The Labute approximate surface area is 200 Å². The predicted molar refractivity (Wildman–Crippen MR) is 130 cm³/mol. The molecule has 0 unspecified atom stereocenters. The fourth-order valence-electron chi connectivity index (χ4n) is 4.99. The Morgan fingerprint density at radius 2 is 1.25 bits per heavy atom. The number of hydrogen-bond donors (Lipinski definition) is 0. The average Bonchev–Trinajstić information content (AvgIpc) is 3.34. The second-order valence-electron chi connectivity index (χ2n) is 8.22. The SMILES string of the molecule is O=C1c2cc([N+](=O)[O-])ccc2-c2c1cc([N+](=O)[O-])c(-n1c3ccccc3c3ccccc31)c2[N+](=O)[O-]. The van der Waals surface area contributed by atoms with E-state index >= 15 is 0 Å². The molecule has 11 heteroatoms. The lowest BCUT2D eigenvalue weighted by Crippen LogP contribution is -2.08. The Morgan fingerprint density at radius 3 is 1.81 bits per heavy atom. The summed E-state index contributed by atoms with van der Waals surface area (Å²) >= 11 is 0. The number of fused-ring (bicyclic) bond motifs is 6. The van der Waals surface area contributed by atoms with E-state index in [1.54, 1.807) is 36.4 Å². The van der Waals surface area contributed by atoms with Crippen molar-refractivity contribution in [2.45, 2.75) is 0 Å². The highest BCUT2D eigenvalue weighted by atomic mass is 16.6. The standard InChI is InChI=1S/C25H12N4O7/c30-25-17-11-13(27(31)32)9-10-16(17)22-18(25)12-21(28(33)34)23(24(22)29(35)36)26-19-7-3-1-5-14(19)15-6-2-4-8-20(15)26/h1-12H. The third-order valence-corrected chi connectivity index (χ3v) is 6.41. The van der Waals surface area contributed by atoms with Crippen molar-refractivity contribution in [3.8, 4) is 16.8 Å². The fraction of sp³-hybridized carbons (Fsp3) is 0. The number of para-hydroxylation sites is 2. The summed E-state index contributed by atoms with van der Waals surface area (Å²) in [6.45, 7) is 0. The number of non-ortho nitro benzene ring substituents is 1. The third kappa shape index (κ3) is 2.70. The molecular formula is C25H12N4O7. The van der Waals surface area contributed by atoms with Gasteiger partial charge in [0.2, 0.25) is 5.69 Å². The maximum absolute atomic E-state index is 13.2. The Balaban J connectivity index is 1.82. The van der Waals surface area contributed by atoms with Gasteiger partial charge in [-0.05, 0) is 18.2 Å². The number of hydrogen-bond acceptors (Lipinski definition) is 7. The van der Waals surface area contributed by atoms with Crippen molar-refractivity contribution < 1.29 is 19.6 Å². The lowest BCUT2D eigenvalue weighted by Gasteiger charge is -2.12. The van der Waals surface area contributed by atoms with Crippen molar-refractivity contribution in [3.05, 3.63) is 114 Å². The maximum Gasteiger partial charge on any atom is 0.308 e. The van der Waals surface area contributed by atoms with Gasteiger partial charge in [-0.25, -0.2) is 0 Å². The first-order chi connectivity index (χ1) is 17.3. The molecule has 1 aliphatic rings. The van der Waals surface area contributed by atoms with Crippen LogP contribution in [0, 0.1) is 30.3 Å². The number of ketones is 1. The molecule has 4 aromatic carbocycles. The molecule has 0 bridgehead atoms. The minimum atomic E-state index is -0.759. The van der Waals surface area contributed by atoms with Gasteiger partial charge in [0.25, 0.3) is 5.69 Å². The average molecular weight is 480 g/mol. The van der Waals surface area contributed by atoms with Crippen LogP contribution in [0.1, 0.15) is 15.9 Å². The number of aromatic nitrogens is 1. The summed E-state index contributed by atoms with van der Waals surface area (Å²) < 4.78 is 1.47. The van der Waals surface area contributed by atoms with E-state index in [-0.39, 0.29) is 33.6 Å². The Morgan fingerprint density at radius 1 is 0.639 bits per heavy atom. The first-order valence-corrected chi connectivity index (χ1v) is 10.6. The molecule has 174 valence electrons. The summed E-state index contributed by atoms with van der Waals surface area (Å²) in [5, 5.41) is 37.6. The lowest BCUT2D eigenvalue weighted by atomic mass is 10.0. The number of carbonyl (C=O) groups is 1. The first-order valence-electron chi connectivity index (χ1n) is 10.6. The van der Waals surface area contributed by atoms with Gasteiger partial charge >= 0.3 is 11.4 Å². The molecule has 0 atom stereocenters. The van der Waals surface area contributed by atoms with Gasteiger partial charge in [0.1, 0.15) is 0 Å². The van der Waals surface area contributed by atoms with Gasteiger partial charge in [0, 0.05) is 45.7 Å². The minimum absolute atomic E-state index is 0.0997. The number of carbonyl (C=O) groups excluding carboxylic acids is 1. The van der Waals surface area contributed by atoms with Crippen molar-refractivity contribution in [2.24, 2.45) is 0 Å². The van der Waals surface area contributed by atoms with Crippen LogP contribution in [0.15, 0.2) is 72.8 Å². The summed E-state index contributed by atoms with van der Waals surface area (Å²) in [5.41, 5.74) is -1.22. The highest BCUT2D eigenvalue weighted by Crippen LogP contribution is 2.50. The van der Waals surface area contributed by atoms with Crippen LogP contribution in [0.2, 0.25) is 0 Å². The van der Waals surface area contributed by atoms with Gasteiger partial charge in [-0.15, -0.1) is 0 Å². The van der Waals surface area contributed by atoms with E-state index in [9.17, 15) is 35.1 Å². The second-order valence-corrected chi connectivity index (χ2v) is 8.22. The number of nitro benzene ring substituents is 3. The van der Waals surface area contributed by atoms with Crippen molar-refractivity contribution >= 4 is 44.7 Å². The van der Waals surface area contributed by atoms with Crippen LogP contribution in [-0.4, -0.2) is 25.1 Å². The monoisotopic (exact) mass is 480 g/mol. The van der Waals surface area contributed by atoms with E-state index in [0.29, 0.717) is 11.0 Å². The van der Waals surface area contributed by atoms with Crippen LogP contribution in [-0.2, 0) is 0 Å². The van der Waals surface area contributed by atoms with Crippen molar-refractivity contribution in [1.29, 1.82) is 0 Å².